The zero-order valence-corrected chi connectivity index (χ0v) is 10.2. The van der Waals surface area contributed by atoms with Gasteiger partial charge in [0, 0.05) is 23.9 Å². The number of anilines is 2. The maximum absolute atomic E-state index is 10.2. The number of carbonyl (C=O) groups excluding carboxylic acids is 1. The molecule has 4 nitrogen and oxygen atoms in total. The predicted octanol–water partition coefficient (Wildman–Crippen LogP) is 1.30. The molecule has 94 valence electrons. The Hall–Kier alpha value is -1.71. The lowest BCUT2D eigenvalue weighted by molar-refractivity contribution is -0.305. The summed E-state index contributed by atoms with van der Waals surface area (Å²) in [6, 6.07) is 5.76. The van der Waals surface area contributed by atoms with Crippen molar-refractivity contribution < 1.29 is 9.90 Å². The number of aryl methyl sites for hydroxylation is 1. The van der Waals surface area contributed by atoms with Gasteiger partial charge in [0.25, 0.3) is 0 Å². The molecular weight excluding hydrogens is 216 g/mol. The Labute approximate surface area is 102 Å². The summed E-state index contributed by atoms with van der Waals surface area (Å²) in [4.78, 5) is 10.2. The maximum atomic E-state index is 10.2. The van der Waals surface area contributed by atoms with Gasteiger partial charge in [-0.05, 0) is 49.9 Å². The van der Waals surface area contributed by atoms with E-state index in [0.29, 0.717) is 6.42 Å². The minimum atomic E-state index is -0.965. The third kappa shape index (κ3) is 5.24. The molecule has 0 heterocycles. The van der Waals surface area contributed by atoms with Crippen LogP contribution in [0.4, 0.5) is 11.4 Å². The lowest BCUT2D eigenvalue weighted by Gasteiger charge is -2.10. The van der Waals surface area contributed by atoms with Crippen LogP contribution < -0.4 is 16.2 Å². The van der Waals surface area contributed by atoms with E-state index in [9.17, 15) is 9.90 Å². The highest BCUT2D eigenvalue weighted by Crippen LogP contribution is 2.17. The standard InChI is InChI=1S/C13H20N2O2/c1-10-9-11(14)6-7-12(10)15-8-4-2-3-5-13(16)17/h6-7,9,15H,2-5,8,14H2,1H3,(H,16,17)/p-1. The number of hydrogen-bond acceptors (Lipinski definition) is 4. The van der Waals surface area contributed by atoms with Crippen molar-refractivity contribution in [2.75, 3.05) is 17.6 Å². The lowest BCUT2D eigenvalue weighted by Crippen LogP contribution is -2.21. The zero-order chi connectivity index (χ0) is 12.7. The largest absolute Gasteiger partial charge is 0.550 e. The molecule has 0 fully saturated rings. The van der Waals surface area contributed by atoms with E-state index < -0.39 is 5.97 Å². The van der Waals surface area contributed by atoms with Crippen LogP contribution in [0.25, 0.3) is 0 Å². The fraction of sp³-hybridized carbons (Fsp3) is 0.462. The van der Waals surface area contributed by atoms with E-state index in [1.54, 1.807) is 0 Å². The van der Waals surface area contributed by atoms with E-state index in [-0.39, 0.29) is 6.42 Å². The molecule has 1 aromatic carbocycles. The third-order valence-corrected chi connectivity index (χ3v) is 2.62. The highest BCUT2D eigenvalue weighted by molar-refractivity contribution is 5.64. The summed E-state index contributed by atoms with van der Waals surface area (Å²) in [5.41, 5.74) is 8.63. The van der Waals surface area contributed by atoms with Crippen LogP contribution in [0.15, 0.2) is 18.2 Å². The van der Waals surface area contributed by atoms with E-state index in [1.807, 2.05) is 25.1 Å². The summed E-state index contributed by atoms with van der Waals surface area (Å²) in [5.74, 6) is -0.965. The van der Waals surface area contributed by atoms with Crippen molar-refractivity contribution in [2.45, 2.75) is 32.6 Å². The number of nitrogens with one attached hydrogen (secondary N) is 1. The Kier molecular flexibility index (Phi) is 5.33. The number of nitrogen functional groups attached to an aromatic ring is 1. The van der Waals surface area contributed by atoms with Crippen LogP contribution in [-0.4, -0.2) is 12.5 Å². The van der Waals surface area contributed by atoms with Crippen molar-refractivity contribution in [1.82, 2.24) is 0 Å². The minimum Gasteiger partial charge on any atom is -0.550 e. The van der Waals surface area contributed by atoms with Gasteiger partial charge in [0.05, 0.1) is 0 Å². The van der Waals surface area contributed by atoms with E-state index >= 15 is 0 Å². The zero-order valence-electron chi connectivity index (χ0n) is 10.2. The van der Waals surface area contributed by atoms with Crippen molar-refractivity contribution in [3.8, 4) is 0 Å². The molecular formula is C13H19N2O2-. The van der Waals surface area contributed by atoms with E-state index in [1.165, 1.54) is 0 Å². The van der Waals surface area contributed by atoms with Crippen molar-refractivity contribution in [1.29, 1.82) is 0 Å². The molecule has 3 N–H and O–H groups in total. The number of hydrogen-bond donors (Lipinski definition) is 2. The highest BCUT2D eigenvalue weighted by Gasteiger charge is 1.97. The molecule has 0 aliphatic carbocycles. The molecule has 0 saturated carbocycles. The number of unbranched alkanes of at least 4 members (excludes halogenated alkanes) is 2. The fourth-order valence-electron chi connectivity index (χ4n) is 1.68. The first-order valence-corrected chi connectivity index (χ1v) is 5.89. The smallest absolute Gasteiger partial charge is 0.0414 e. The predicted molar refractivity (Wildman–Crippen MR) is 67.6 cm³/mol. The lowest BCUT2D eigenvalue weighted by atomic mass is 10.1. The van der Waals surface area contributed by atoms with Gasteiger partial charge in [0.2, 0.25) is 0 Å². The van der Waals surface area contributed by atoms with Crippen molar-refractivity contribution >= 4 is 17.3 Å². The van der Waals surface area contributed by atoms with Crippen LogP contribution in [-0.2, 0) is 4.79 Å². The number of carboxylic acid groups (broad SMARTS) is 1. The van der Waals surface area contributed by atoms with Gasteiger partial charge < -0.3 is 21.0 Å². The molecule has 17 heavy (non-hydrogen) atoms. The topological polar surface area (TPSA) is 78.2 Å². The van der Waals surface area contributed by atoms with Gasteiger partial charge in [-0.25, -0.2) is 0 Å². The Balaban J connectivity index is 2.20. The first kappa shape index (κ1) is 13.4. The summed E-state index contributed by atoms with van der Waals surface area (Å²) in [6.45, 7) is 2.85. The minimum absolute atomic E-state index is 0.154. The molecule has 4 heteroatoms. The van der Waals surface area contributed by atoms with Crippen molar-refractivity contribution in [3.05, 3.63) is 23.8 Å². The normalized spacial score (nSPS) is 10.2. The van der Waals surface area contributed by atoms with Gasteiger partial charge in [-0.15, -0.1) is 0 Å². The molecule has 0 amide bonds. The quantitative estimate of drug-likeness (QED) is 0.551. The van der Waals surface area contributed by atoms with Gasteiger partial charge in [0.15, 0.2) is 0 Å². The fourth-order valence-corrected chi connectivity index (χ4v) is 1.68. The summed E-state index contributed by atoms with van der Waals surface area (Å²) >= 11 is 0. The number of nitrogens with two attached hydrogens (primary N) is 1. The Morgan fingerprint density at radius 1 is 1.35 bits per heavy atom. The average Bonchev–Trinajstić information content (AvgIpc) is 2.25. The van der Waals surface area contributed by atoms with E-state index in [2.05, 4.69) is 5.32 Å². The molecule has 1 aromatic rings. The molecule has 0 aromatic heterocycles. The number of rotatable bonds is 7. The molecule has 0 spiro atoms. The molecule has 0 unspecified atom stereocenters. The second-order valence-electron chi connectivity index (χ2n) is 4.18. The average molecular weight is 235 g/mol. The summed E-state index contributed by atoms with van der Waals surface area (Å²) in [5, 5.41) is 13.5. The number of carbonyl (C=O) groups is 1. The maximum Gasteiger partial charge on any atom is 0.0414 e. The molecule has 0 atom stereocenters. The second kappa shape index (κ2) is 6.78. The highest BCUT2D eigenvalue weighted by atomic mass is 16.4. The summed E-state index contributed by atoms with van der Waals surface area (Å²) in [6.07, 6.45) is 2.69. The van der Waals surface area contributed by atoms with Gasteiger partial charge in [0.1, 0.15) is 0 Å². The van der Waals surface area contributed by atoms with Crippen LogP contribution in [0.1, 0.15) is 31.2 Å². The molecule has 0 aliphatic heterocycles. The van der Waals surface area contributed by atoms with Crippen LogP contribution in [0.3, 0.4) is 0 Å². The first-order valence-electron chi connectivity index (χ1n) is 5.89. The number of aliphatic carboxylic acids is 1. The SMILES string of the molecule is Cc1cc(N)ccc1NCCCCCC(=O)[O-]. The molecule has 1 rings (SSSR count). The van der Waals surface area contributed by atoms with Gasteiger partial charge in [-0.2, -0.15) is 0 Å². The van der Waals surface area contributed by atoms with Gasteiger partial charge >= 0.3 is 0 Å². The van der Waals surface area contributed by atoms with Crippen LogP contribution in [0.2, 0.25) is 0 Å². The summed E-state index contributed by atoms with van der Waals surface area (Å²) in [7, 11) is 0. The van der Waals surface area contributed by atoms with Gasteiger partial charge in [-0.1, -0.05) is 6.42 Å². The Morgan fingerprint density at radius 2 is 2.12 bits per heavy atom. The number of benzene rings is 1. The van der Waals surface area contributed by atoms with E-state index in [4.69, 9.17) is 5.73 Å². The third-order valence-electron chi connectivity index (χ3n) is 2.62. The van der Waals surface area contributed by atoms with Crippen LogP contribution in [0, 0.1) is 6.92 Å². The molecule has 0 bridgehead atoms. The van der Waals surface area contributed by atoms with Gasteiger partial charge in [-0.3, -0.25) is 0 Å². The van der Waals surface area contributed by atoms with Crippen LogP contribution >= 0.6 is 0 Å². The monoisotopic (exact) mass is 235 g/mol. The number of carboxylic acids is 1. The first-order chi connectivity index (χ1) is 8.09. The second-order valence-corrected chi connectivity index (χ2v) is 4.18. The van der Waals surface area contributed by atoms with Crippen LogP contribution in [0.5, 0.6) is 0 Å². The molecule has 0 saturated heterocycles. The Bertz CT molecular complexity index is 378. The van der Waals surface area contributed by atoms with Crippen molar-refractivity contribution in [3.63, 3.8) is 0 Å². The van der Waals surface area contributed by atoms with Crippen molar-refractivity contribution in [2.24, 2.45) is 0 Å². The Morgan fingerprint density at radius 3 is 2.76 bits per heavy atom. The van der Waals surface area contributed by atoms with E-state index in [0.717, 1.165) is 36.3 Å². The molecule has 0 radical (unpaired) electrons. The summed E-state index contributed by atoms with van der Waals surface area (Å²) < 4.78 is 0. The molecule has 0 aliphatic rings.